The Labute approximate surface area is 109 Å². The van der Waals surface area contributed by atoms with E-state index >= 15 is 0 Å². The van der Waals surface area contributed by atoms with Gasteiger partial charge in [0.15, 0.2) is 0 Å². The van der Waals surface area contributed by atoms with Crippen molar-refractivity contribution in [1.29, 1.82) is 0 Å². The molecular weight excluding hydrogens is 226 g/mol. The highest BCUT2D eigenvalue weighted by atomic mass is 16.5. The van der Waals surface area contributed by atoms with Gasteiger partial charge in [-0.3, -0.25) is 4.68 Å². The van der Waals surface area contributed by atoms with Gasteiger partial charge in [0.05, 0.1) is 18.9 Å². The van der Waals surface area contributed by atoms with Crippen LogP contribution in [0.15, 0.2) is 6.07 Å². The van der Waals surface area contributed by atoms with Gasteiger partial charge in [-0.15, -0.1) is 0 Å². The summed E-state index contributed by atoms with van der Waals surface area (Å²) in [7, 11) is 0. The fourth-order valence-electron chi connectivity index (χ4n) is 2.92. The average Bonchev–Trinajstić information content (AvgIpc) is 3.03. The lowest BCUT2D eigenvalue weighted by atomic mass is 10.1. The quantitative estimate of drug-likeness (QED) is 0.746. The molecule has 0 saturated carbocycles. The molecule has 0 atom stereocenters. The van der Waals surface area contributed by atoms with Crippen molar-refractivity contribution in [3.63, 3.8) is 0 Å². The molecule has 4 nitrogen and oxygen atoms in total. The lowest BCUT2D eigenvalue weighted by molar-refractivity contribution is 0.0967. The van der Waals surface area contributed by atoms with Crippen LogP contribution in [-0.2, 0) is 24.3 Å². The highest BCUT2D eigenvalue weighted by Crippen LogP contribution is 2.15. The molecular formula is C14H23N3O. The fourth-order valence-corrected chi connectivity index (χ4v) is 2.92. The first-order chi connectivity index (χ1) is 8.92. The Kier molecular flexibility index (Phi) is 3.96. The molecule has 3 heterocycles. The second-order valence-corrected chi connectivity index (χ2v) is 5.41. The van der Waals surface area contributed by atoms with Gasteiger partial charge in [0.25, 0.3) is 0 Å². The van der Waals surface area contributed by atoms with Crippen molar-refractivity contribution >= 4 is 0 Å². The minimum absolute atomic E-state index is 0.674. The van der Waals surface area contributed by atoms with Gasteiger partial charge in [0, 0.05) is 18.8 Å². The van der Waals surface area contributed by atoms with Crippen LogP contribution in [-0.4, -0.2) is 40.9 Å². The zero-order valence-corrected chi connectivity index (χ0v) is 11.1. The van der Waals surface area contributed by atoms with Crippen LogP contribution in [0.25, 0.3) is 0 Å². The Morgan fingerprint density at radius 2 is 1.94 bits per heavy atom. The normalized spacial score (nSPS) is 20.2. The van der Waals surface area contributed by atoms with E-state index in [4.69, 9.17) is 4.74 Å². The van der Waals surface area contributed by atoms with E-state index in [1.807, 2.05) is 0 Å². The maximum Gasteiger partial charge on any atom is 0.0907 e. The van der Waals surface area contributed by atoms with Gasteiger partial charge < -0.3 is 9.64 Å². The number of hydrogen-bond acceptors (Lipinski definition) is 3. The van der Waals surface area contributed by atoms with Crippen LogP contribution in [0.2, 0.25) is 0 Å². The standard InChI is InChI=1S/C14H23N3O/c1-2-8-17-14(5-1)11-13(15-17)12-18-10-9-16-6-3-4-7-16/h11H,1-10,12H2. The van der Waals surface area contributed by atoms with Crippen LogP contribution in [0.1, 0.15) is 37.1 Å². The maximum absolute atomic E-state index is 5.74. The van der Waals surface area contributed by atoms with Gasteiger partial charge in [-0.2, -0.15) is 5.10 Å². The monoisotopic (exact) mass is 249 g/mol. The molecule has 2 aliphatic heterocycles. The molecule has 18 heavy (non-hydrogen) atoms. The van der Waals surface area contributed by atoms with Crippen LogP contribution in [0.3, 0.4) is 0 Å². The van der Waals surface area contributed by atoms with Crippen LogP contribution in [0.5, 0.6) is 0 Å². The molecule has 0 bridgehead atoms. The highest BCUT2D eigenvalue weighted by Gasteiger charge is 2.13. The number of likely N-dealkylation sites (tertiary alicyclic amines) is 1. The van der Waals surface area contributed by atoms with Crippen molar-refractivity contribution in [2.75, 3.05) is 26.2 Å². The molecule has 1 saturated heterocycles. The summed E-state index contributed by atoms with van der Waals surface area (Å²) in [5.74, 6) is 0. The zero-order valence-electron chi connectivity index (χ0n) is 11.1. The van der Waals surface area contributed by atoms with E-state index in [1.54, 1.807) is 0 Å². The van der Waals surface area contributed by atoms with E-state index in [9.17, 15) is 0 Å². The summed E-state index contributed by atoms with van der Waals surface area (Å²) in [6.07, 6.45) is 6.47. The first-order valence-electron chi connectivity index (χ1n) is 7.27. The molecule has 0 N–H and O–H groups in total. The van der Waals surface area contributed by atoms with E-state index in [0.29, 0.717) is 6.61 Å². The summed E-state index contributed by atoms with van der Waals surface area (Å²) in [6, 6.07) is 2.22. The number of aryl methyl sites for hydroxylation is 2. The predicted molar refractivity (Wildman–Crippen MR) is 70.5 cm³/mol. The Morgan fingerprint density at radius 3 is 2.78 bits per heavy atom. The van der Waals surface area contributed by atoms with E-state index in [2.05, 4.69) is 20.7 Å². The van der Waals surface area contributed by atoms with E-state index in [0.717, 1.165) is 25.4 Å². The van der Waals surface area contributed by atoms with Crippen molar-refractivity contribution in [3.05, 3.63) is 17.5 Å². The van der Waals surface area contributed by atoms with Gasteiger partial charge in [0.1, 0.15) is 0 Å². The molecule has 0 aromatic carbocycles. The molecule has 100 valence electrons. The Hall–Kier alpha value is -0.870. The van der Waals surface area contributed by atoms with E-state index in [1.165, 1.54) is 50.9 Å². The fraction of sp³-hybridized carbons (Fsp3) is 0.786. The van der Waals surface area contributed by atoms with Crippen LogP contribution >= 0.6 is 0 Å². The summed E-state index contributed by atoms with van der Waals surface area (Å²) in [5.41, 5.74) is 2.49. The van der Waals surface area contributed by atoms with Gasteiger partial charge >= 0.3 is 0 Å². The summed E-state index contributed by atoms with van der Waals surface area (Å²) in [6.45, 7) is 6.18. The predicted octanol–water partition coefficient (Wildman–Crippen LogP) is 1.83. The van der Waals surface area contributed by atoms with Crippen molar-refractivity contribution < 1.29 is 4.74 Å². The molecule has 1 fully saturated rings. The Morgan fingerprint density at radius 1 is 1.11 bits per heavy atom. The number of aromatic nitrogens is 2. The maximum atomic E-state index is 5.74. The zero-order chi connectivity index (χ0) is 12.2. The van der Waals surface area contributed by atoms with Crippen molar-refractivity contribution in [1.82, 2.24) is 14.7 Å². The van der Waals surface area contributed by atoms with Crippen LogP contribution < -0.4 is 0 Å². The molecule has 1 aromatic rings. The topological polar surface area (TPSA) is 30.3 Å². The molecule has 3 rings (SSSR count). The van der Waals surface area contributed by atoms with Gasteiger partial charge in [-0.1, -0.05) is 0 Å². The van der Waals surface area contributed by atoms with Crippen molar-refractivity contribution in [3.8, 4) is 0 Å². The molecule has 0 unspecified atom stereocenters. The summed E-state index contributed by atoms with van der Waals surface area (Å²) >= 11 is 0. The van der Waals surface area contributed by atoms with Gasteiger partial charge in [-0.25, -0.2) is 0 Å². The van der Waals surface area contributed by atoms with E-state index < -0.39 is 0 Å². The molecule has 0 spiro atoms. The molecule has 4 heteroatoms. The molecule has 0 aliphatic carbocycles. The number of rotatable bonds is 5. The second-order valence-electron chi connectivity index (χ2n) is 5.41. The lowest BCUT2D eigenvalue weighted by Crippen LogP contribution is -2.23. The van der Waals surface area contributed by atoms with Gasteiger partial charge in [0.2, 0.25) is 0 Å². The smallest absolute Gasteiger partial charge is 0.0907 e. The first-order valence-corrected chi connectivity index (χ1v) is 7.27. The van der Waals surface area contributed by atoms with Gasteiger partial charge in [-0.05, 0) is 51.3 Å². The minimum Gasteiger partial charge on any atom is -0.374 e. The first kappa shape index (κ1) is 12.2. The SMILES string of the molecule is c1c(COCCN2CCCC2)nn2c1CCCC2. The number of fused-ring (bicyclic) bond motifs is 1. The Balaban J connectivity index is 1.41. The average molecular weight is 249 g/mol. The third kappa shape index (κ3) is 2.93. The van der Waals surface area contributed by atoms with Crippen molar-refractivity contribution in [2.45, 2.75) is 45.3 Å². The number of ether oxygens (including phenoxy) is 1. The highest BCUT2D eigenvalue weighted by molar-refractivity contribution is 5.11. The summed E-state index contributed by atoms with van der Waals surface area (Å²) in [4.78, 5) is 2.48. The second kappa shape index (κ2) is 5.85. The summed E-state index contributed by atoms with van der Waals surface area (Å²) in [5, 5.41) is 4.60. The van der Waals surface area contributed by atoms with Crippen LogP contribution in [0.4, 0.5) is 0 Å². The third-order valence-electron chi connectivity index (χ3n) is 3.97. The largest absolute Gasteiger partial charge is 0.374 e. The number of hydrogen-bond donors (Lipinski definition) is 0. The molecule has 0 amide bonds. The minimum atomic E-state index is 0.674. The Bertz CT molecular complexity index is 359. The lowest BCUT2D eigenvalue weighted by Gasteiger charge is -2.13. The van der Waals surface area contributed by atoms with Crippen LogP contribution in [0, 0.1) is 0 Å². The van der Waals surface area contributed by atoms with Crippen molar-refractivity contribution in [2.24, 2.45) is 0 Å². The molecule has 0 radical (unpaired) electrons. The summed E-state index contributed by atoms with van der Waals surface area (Å²) < 4.78 is 7.90. The third-order valence-corrected chi connectivity index (χ3v) is 3.97. The van der Waals surface area contributed by atoms with E-state index in [-0.39, 0.29) is 0 Å². The molecule has 1 aromatic heterocycles. The number of nitrogens with zero attached hydrogens (tertiary/aromatic N) is 3. The molecule has 2 aliphatic rings.